The second-order valence-corrected chi connectivity index (χ2v) is 7.02. The van der Waals surface area contributed by atoms with Gasteiger partial charge in [-0.1, -0.05) is 17.7 Å². The van der Waals surface area contributed by atoms with Gasteiger partial charge in [0.05, 0.1) is 18.1 Å². The fourth-order valence-electron chi connectivity index (χ4n) is 2.94. The highest BCUT2D eigenvalue weighted by molar-refractivity contribution is 6.32. The minimum Gasteiger partial charge on any atom is -0.485 e. The van der Waals surface area contributed by atoms with Crippen LogP contribution in [0.1, 0.15) is 10.4 Å². The van der Waals surface area contributed by atoms with Crippen molar-refractivity contribution in [3.8, 4) is 5.75 Å². The number of hydrogen-bond acceptors (Lipinski definition) is 7. The number of halogens is 2. The molecule has 0 radical (unpaired) electrons. The third-order valence-corrected chi connectivity index (χ3v) is 4.78. The van der Waals surface area contributed by atoms with Crippen LogP contribution in [0, 0.1) is 5.82 Å². The Kier molecular flexibility index (Phi) is 5.62. The van der Waals surface area contributed by atoms with Gasteiger partial charge in [-0.15, -0.1) is 0 Å². The number of aromatic nitrogens is 3. The molecule has 0 unspecified atom stereocenters. The van der Waals surface area contributed by atoms with Gasteiger partial charge in [-0.05, 0) is 36.4 Å². The van der Waals surface area contributed by atoms with Gasteiger partial charge in [-0.25, -0.2) is 14.4 Å². The van der Waals surface area contributed by atoms with E-state index in [-0.39, 0.29) is 17.0 Å². The summed E-state index contributed by atoms with van der Waals surface area (Å²) in [5.41, 5.74) is 1.21. The predicted octanol–water partition coefficient (Wildman–Crippen LogP) is 3.03. The van der Waals surface area contributed by atoms with Gasteiger partial charge < -0.3 is 20.3 Å². The molecule has 0 bridgehead atoms. The van der Waals surface area contributed by atoms with E-state index in [1.54, 1.807) is 25.2 Å². The molecular weight excluding hydrogens is 411 g/mol. The molecule has 30 heavy (non-hydrogen) atoms. The van der Waals surface area contributed by atoms with E-state index in [0.29, 0.717) is 42.0 Å². The number of anilines is 3. The monoisotopic (exact) mass is 428 g/mol. The fourth-order valence-corrected chi connectivity index (χ4v) is 3.15. The van der Waals surface area contributed by atoms with Gasteiger partial charge >= 0.3 is 0 Å². The summed E-state index contributed by atoms with van der Waals surface area (Å²) in [5.74, 6) is 0.716. The molecule has 2 N–H and O–H groups in total. The van der Waals surface area contributed by atoms with Crippen molar-refractivity contribution in [3.05, 3.63) is 65.2 Å². The molecule has 3 aromatic rings. The molecule has 1 fully saturated rings. The zero-order valence-electron chi connectivity index (χ0n) is 16.0. The third-order valence-electron chi connectivity index (χ3n) is 4.49. The Labute approximate surface area is 177 Å². The first-order valence-electron chi connectivity index (χ1n) is 9.16. The van der Waals surface area contributed by atoms with Crippen molar-refractivity contribution in [2.45, 2.75) is 6.10 Å². The first kappa shape index (κ1) is 19.8. The van der Waals surface area contributed by atoms with Crippen LogP contribution in [0.3, 0.4) is 0 Å². The Bertz CT molecular complexity index is 1080. The highest BCUT2D eigenvalue weighted by atomic mass is 35.5. The number of benzene rings is 2. The molecule has 1 aliphatic heterocycles. The molecule has 1 aromatic heterocycles. The maximum atomic E-state index is 13.1. The first-order chi connectivity index (χ1) is 14.5. The smallest absolute Gasteiger partial charge is 0.251 e. The van der Waals surface area contributed by atoms with Gasteiger partial charge in [0.15, 0.2) is 0 Å². The van der Waals surface area contributed by atoms with Crippen LogP contribution in [0.5, 0.6) is 5.75 Å². The van der Waals surface area contributed by atoms with Crippen LogP contribution in [0.2, 0.25) is 5.02 Å². The first-order valence-corrected chi connectivity index (χ1v) is 9.54. The molecule has 1 saturated heterocycles. The molecule has 1 amide bonds. The summed E-state index contributed by atoms with van der Waals surface area (Å²) in [4.78, 5) is 26.5. The molecular formula is C20H18ClFN6O2. The molecule has 0 spiro atoms. The Morgan fingerprint density at radius 3 is 2.83 bits per heavy atom. The van der Waals surface area contributed by atoms with Crippen molar-refractivity contribution >= 4 is 35.1 Å². The highest BCUT2D eigenvalue weighted by Gasteiger charge is 2.31. The number of hydrogen-bond donors (Lipinski definition) is 2. The average Bonchev–Trinajstić information content (AvgIpc) is 2.71. The number of nitrogens with one attached hydrogen (secondary N) is 2. The van der Waals surface area contributed by atoms with Crippen LogP contribution >= 0.6 is 11.6 Å². The summed E-state index contributed by atoms with van der Waals surface area (Å²) in [5, 5.41) is 5.90. The van der Waals surface area contributed by atoms with Crippen molar-refractivity contribution in [2.75, 3.05) is 30.4 Å². The van der Waals surface area contributed by atoms with Crippen LogP contribution in [-0.4, -0.2) is 47.1 Å². The highest BCUT2D eigenvalue weighted by Crippen LogP contribution is 2.28. The van der Waals surface area contributed by atoms with Crippen molar-refractivity contribution in [3.63, 3.8) is 0 Å². The van der Waals surface area contributed by atoms with Crippen LogP contribution in [0.25, 0.3) is 0 Å². The molecule has 4 rings (SSSR count). The number of carbonyl (C=O) groups excluding carboxylic acids is 1. The number of ether oxygens (including phenoxy) is 1. The van der Waals surface area contributed by atoms with E-state index in [1.165, 1.54) is 24.5 Å². The number of nitrogens with zero attached hydrogens (tertiary/aromatic N) is 4. The van der Waals surface area contributed by atoms with Crippen LogP contribution < -0.4 is 20.3 Å². The van der Waals surface area contributed by atoms with Crippen LogP contribution in [-0.2, 0) is 0 Å². The van der Waals surface area contributed by atoms with Crippen molar-refractivity contribution in [1.82, 2.24) is 20.3 Å². The molecule has 0 aliphatic carbocycles. The largest absolute Gasteiger partial charge is 0.485 e. The molecule has 154 valence electrons. The van der Waals surface area contributed by atoms with Crippen molar-refractivity contribution < 1.29 is 13.9 Å². The van der Waals surface area contributed by atoms with E-state index in [1.807, 2.05) is 11.0 Å². The Balaban J connectivity index is 1.38. The third kappa shape index (κ3) is 4.41. The lowest BCUT2D eigenvalue weighted by Crippen LogP contribution is -2.54. The molecule has 0 saturated carbocycles. The summed E-state index contributed by atoms with van der Waals surface area (Å²) in [7, 11) is 1.58. The summed E-state index contributed by atoms with van der Waals surface area (Å²) < 4.78 is 18.9. The second-order valence-electron chi connectivity index (χ2n) is 6.61. The molecule has 10 heteroatoms. The topological polar surface area (TPSA) is 92.3 Å². The lowest BCUT2D eigenvalue weighted by Gasteiger charge is -2.38. The van der Waals surface area contributed by atoms with E-state index in [9.17, 15) is 9.18 Å². The Morgan fingerprint density at radius 1 is 1.23 bits per heavy atom. The van der Waals surface area contributed by atoms with Gasteiger partial charge in [-0.2, -0.15) is 4.98 Å². The van der Waals surface area contributed by atoms with Crippen LogP contribution in [0.15, 0.2) is 48.8 Å². The standard InChI is InChI=1S/C20H18ClFN6O2/c1-23-18(29)12-3-2-4-14(7-12)26-19-24-11-25-20(27-19)28-9-15(10-28)30-17-6-5-13(22)8-16(17)21/h2-8,11,15H,9-10H2,1H3,(H,23,29)(H,24,25,26,27). The van der Waals surface area contributed by atoms with Crippen molar-refractivity contribution in [1.29, 1.82) is 0 Å². The van der Waals surface area contributed by atoms with Crippen LogP contribution in [0.4, 0.5) is 22.0 Å². The SMILES string of the molecule is CNC(=O)c1cccc(Nc2ncnc(N3CC(Oc4ccc(F)cc4Cl)C3)n2)c1. The van der Waals surface area contributed by atoms with Crippen molar-refractivity contribution in [2.24, 2.45) is 0 Å². The number of rotatable bonds is 6. The Morgan fingerprint density at radius 2 is 2.07 bits per heavy atom. The molecule has 8 nitrogen and oxygen atoms in total. The number of amides is 1. The van der Waals surface area contributed by atoms with E-state index in [4.69, 9.17) is 16.3 Å². The van der Waals surface area contributed by atoms with Gasteiger partial charge in [-0.3, -0.25) is 4.79 Å². The molecule has 2 aromatic carbocycles. The minimum absolute atomic E-state index is 0.106. The molecule has 2 heterocycles. The maximum Gasteiger partial charge on any atom is 0.251 e. The van der Waals surface area contributed by atoms with E-state index in [0.717, 1.165) is 0 Å². The van der Waals surface area contributed by atoms with E-state index in [2.05, 4.69) is 25.6 Å². The van der Waals surface area contributed by atoms with Gasteiger partial charge in [0.1, 0.15) is 24.0 Å². The number of carbonyl (C=O) groups is 1. The van der Waals surface area contributed by atoms with Gasteiger partial charge in [0.2, 0.25) is 11.9 Å². The van der Waals surface area contributed by atoms with E-state index >= 15 is 0 Å². The summed E-state index contributed by atoms with van der Waals surface area (Å²) >= 11 is 6.00. The van der Waals surface area contributed by atoms with Gasteiger partial charge in [0, 0.05) is 18.3 Å². The zero-order valence-corrected chi connectivity index (χ0v) is 16.7. The lowest BCUT2D eigenvalue weighted by atomic mass is 10.2. The Hall–Kier alpha value is -3.46. The molecule has 0 atom stereocenters. The second kappa shape index (κ2) is 8.50. The summed E-state index contributed by atoms with van der Waals surface area (Å²) in [6, 6.07) is 11.1. The zero-order chi connectivity index (χ0) is 21.1. The van der Waals surface area contributed by atoms with Gasteiger partial charge in [0.25, 0.3) is 5.91 Å². The average molecular weight is 429 g/mol. The summed E-state index contributed by atoms with van der Waals surface area (Å²) in [6.45, 7) is 1.12. The predicted molar refractivity (Wildman–Crippen MR) is 111 cm³/mol. The molecule has 1 aliphatic rings. The summed E-state index contributed by atoms with van der Waals surface area (Å²) in [6.07, 6.45) is 1.31. The maximum absolute atomic E-state index is 13.1. The quantitative estimate of drug-likeness (QED) is 0.623. The fraction of sp³-hybridized carbons (Fsp3) is 0.200. The lowest BCUT2D eigenvalue weighted by molar-refractivity contribution is 0.0963. The normalized spacial score (nSPS) is 13.5. The van der Waals surface area contributed by atoms with E-state index < -0.39 is 5.82 Å². The minimum atomic E-state index is -0.409.